The molecule has 8 nitrogen and oxygen atoms in total. The minimum Gasteiger partial charge on any atom is -0.368 e. The first kappa shape index (κ1) is 16.0. The molecule has 0 radical (unpaired) electrons. The van der Waals surface area contributed by atoms with Gasteiger partial charge in [0.15, 0.2) is 0 Å². The van der Waals surface area contributed by atoms with Crippen molar-refractivity contribution in [2.75, 3.05) is 10.3 Å². The fourth-order valence-electron chi connectivity index (χ4n) is 2.22. The van der Waals surface area contributed by atoms with Gasteiger partial charge in [0, 0.05) is 6.42 Å². The van der Waals surface area contributed by atoms with Crippen LogP contribution in [-0.4, -0.2) is 33.8 Å². The molecule has 0 spiro atoms. The van der Waals surface area contributed by atoms with Gasteiger partial charge < -0.3 is 5.73 Å². The van der Waals surface area contributed by atoms with E-state index in [2.05, 4.69) is 20.6 Å². The maximum Gasteiger partial charge on any atom is 0.273 e. The zero-order valence-corrected chi connectivity index (χ0v) is 13.4. The lowest BCUT2D eigenvalue weighted by molar-refractivity contribution is -0.119. The van der Waals surface area contributed by atoms with Crippen LogP contribution in [0.1, 0.15) is 11.4 Å². The van der Waals surface area contributed by atoms with Crippen molar-refractivity contribution in [3.63, 3.8) is 0 Å². The van der Waals surface area contributed by atoms with Crippen LogP contribution in [0.3, 0.4) is 0 Å². The lowest BCUT2D eigenvalue weighted by atomic mass is 10.1. The Labute approximate surface area is 140 Å². The molecule has 2 heterocycles. The summed E-state index contributed by atoms with van der Waals surface area (Å²) in [5.74, 6) is -1.53. The summed E-state index contributed by atoms with van der Waals surface area (Å²) in [6.07, 6.45) is 0.0519. The summed E-state index contributed by atoms with van der Waals surface area (Å²) in [6, 6.07) is 4.59. The second-order valence-corrected chi connectivity index (χ2v) is 6.25. The highest BCUT2D eigenvalue weighted by molar-refractivity contribution is 7.15. The Morgan fingerprint density at radius 1 is 1.33 bits per heavy atom. The van der Waals surface area contributed by atoms with Crippen LogP contribution in [-0.2, 0) is 9.59 Å². The molecule has 2 amide bonds. The number of halogens is 1. The standard InChI is InChI=1S/C14H13FN6O2S/c1-7-18-19-14(24-7)17-13(23)10-6-11(12(16)22)21(20-10)9-4-2-8(15)3-5-9/h2-5,11H,6H2,1H3,(H2,16,22)(H,17,19,23). The molecule has 2 aromatic rings. The predicted octanol–water partition coefficient (Wildman–Crippen LogP) is 1.04. The number of carbonyl (C=O) groups is 2. The molecule has 1 aliphatic heterocycles. The van der Waals surface area contributed by atoms with E-state index < -0.39 is 23.7 Å². The maximum atomic E-state index is 13.1. The number of primary amides is 1. The number of hydrogen-bond donors (Lipinski definition) is 2. The Hall–Kier alpha value is -2.88. The molecule has 124 valence electrons. The molecular formula is C14H13FN6O2S. The Morgan fingerprint density at radius 3 is 2.62 bits per heavy atom. The number of nitrogens with two attached hydrogens (primary N) is 1. The maximum absolute atomic E-state index is 13.1. The topological polar surface area (TPSA) is 114 Å². The smallest absolute Gasteiger partial charge is 0.273 e. The number of rotatable bonds is 4. The van der Waals surface area contributed by atoms with Crippen molar-refractivity contribution in [2.45, 2.75) is 19.4 Å². The summed E-state index contributed by atoms with van der Waals surface area (Å²) in [5, 5.41) is 16.7. The molecule has 0 aliphatic carbocycles. The molecule has 0 saturated carbocycles. The Morgan fingerprint density at radius 2 is 2.04 bits per heavy atom. The van der Waals surface area contributed by atoms with E-state index in [4.69, 9.17) is 5.73 Å². The molecular weight excluding hydrogens is 335 g/mol. The average molecular weight is 348 g/mol. The summed E-state index contributed by atoms with van der Waals surface area (Å²) in [7, 11) is 0. The normalized spacial score (nSPS) is 16.8. The summed E-state index contributed by atoms with van der Waals surface area (Å²) in [5.41, 5.74) is 6.00. The predicted molar refractivity (Wildman–Crippen MR) is 87.2 cm³/mol. The van der Waals surface area contributed by atoms with Gasteiger partial charge in [0.05, 0.1) is 5.69 Å². The first-order valence-corrected chi connectivity index (χ1v) is 7.79. The minimum absolute atomic E-state index is 0.0519. The van der Waals surface area contributed by atoms with Gasteiger partial charge in [0.2, 0.25) is 11.0 Å². The minimum atomic E-state index is -0.813. The van der Waals surface area contributed by atoms with Crippen molar-refractivity contribution >= 4 is 39.7 Å². The van der Waals surface area contributed by atoms with Gasteiger partial charge in [-0.2, -0.15) is 5.10 Å². The number of amides is 2. The van der Waals surface area contributed by atoms with E-state index in [1.165, 1.54) is 40.6 Å². The average Bonchev–Trinajstić information content (AvgIpc) is 3.15. The van der Waals surface area contributed by atoms with Gasteiger partial charge in [0.1, 0.15) is 22.6 Å². The van der Waals surface area contributed by atoms with E-state index in [9.17, 15) is 14.0 Å². The highest BCUT2D eigenvalue weighted by Gasteiger charge is 2.35. The second-order valence-electron chi connectivity index (χ2n) is 5.07. The monoisotopic (exact) mass is 348 g/mol. The number of nitrogens with zero attached hydrogens (tertiary/aromatic N) is 4. The van der Waals surface area contributed by atoms with E-state index in [0.29, 0.717) is 15.8 Å². The van der Waals surface area contributed by atoms with Crippen molar-refractivity contribution < 1.29 is 14.0 Å². The van der Waals surface area contributed by atoms with E-state index in [-0.39, 0.29) is 12.1 Å². The van der Waals surface area contributed by atoms with E-state index in [0.717, 1.165) is 0 Å². The van der Waals surface area contributed by atoms with E-state index in [1.807, 2.05) is 0 Å². The first-order chi connectivity index (χ1) is 11.4. The van der Waals surface area contributed by atoms with Gasteiger partial charge >= 0.3 is 0 Å². The van der Waals surface area contributed by atoms with E-state index >= 15 is 0 Å². The molecule has 0 fully saturated rings. The zero-order valence-electron chi connectivity index (χ0n) is 12.6. The molecule has 3 rings (SSSR count). The molecule has 1 aliphatic rings. The third-order valence-electron chi connectivity index (χ3n) is 3.34. The van der Waals surface area contributed by atoms with Crippen molar-refractivity contribution in [1.29, 1.82) is 0 Å². The van der Waals surface area contributed by atoms with Crippen LogP contribution in [0.2, 0.25) is 0 Å². The van der Waals surface area contributed by atoms with Crippen molar-refractivity contribution in [3.05, 3.63) is 35.1 Å². The van der Waals surface area contributed by atoms with Crippen LogP contribution < -0.4 is 16.1 Å². The van der Waals surface area contributed by atoms with Crippen LogP contribution in [0, 0.1) is 12.7 Å². The second kappa shape index (κ2) is 6.32. The van der Waals surface area contributed by atoms with Crippen LogP contribution in [0.25, 0.3) is 0 Å². The molecule has 1 atom stereocenters. The van der Waals surface area contributed by atoms with Gasteiger partial charge in [-0.3, -0.25) is 19.9 Å². The number of benzene rings is 1. The summed E-state index contributed by atoms with van der Waals surface area (Å²) in [4.78, 5) is 23.9. The van der Waals surface area contributed by atoms with Crippen LogP contribution >= 0.6 is 11.3 Å². The first-order valence-electron chi connectivity index (χ1n) is 6.97. The molecule has 1 unspecified atom stereocenters. The summed E-state index contributed by atoms with van der Waals surface area (Å²) >= 11 is 1.22. The van der Waals surface area contributed by atoms with Crippen LogP contribution in [0.4, 0.5) is 15.2 Å². The number of hydrazone groups is 1. The molecule has 1 aromatic carbocycles. The van der Waals surface area contributed by atoms with Gasteiger partial charge in [-0.05, 0) is 31.2 Å². The van der Waals surface area contributed by atoms with Crippen LogP contribution in [0.5, 0.6) is 0 Å². The van der Waals surface area contributed by atoms with Crippen LogP contribution in [0.15, 0.2) is 29.4 Å². The number of anilines is 2. The number of aromatic nitrogens is 2. The SMILES string of the molecule is Cc1nnc(NC(=O)C2=NN(c3ccc(F)cc3)C(C(N)=O)C2)s1. The zero-order chi connectivity index (χ0) is 17.3. The fourth-order valence-corrected chi connectivity index (χ4v) is 2.80. The van der Waals surface area contributed by atoms with E-state index in [1.54, 1.807) is 6.92 Å². The van der Waals surface area contributed by atoms with Crippen molar-refractivity contribution in [3.8, 4) is 0 Å². The molecule has 1 aromatic heterocycles. The third-order valence-corrected chi connectivity index (χ3v) is 4.09. The number of nitrogens with one attached hydrogen (secondary N) is 1. The molecule has 0 saturated heterocycles. The summed E-state index contributed by atoms with van der Waals surface area (Å²) < 4.78 is 13.1. The number of aryl methyl sites for hydroxylation is 1. The molecule has 10 heteroatoms. The Bertz CT molecular complexity index is 819. The van der Waals surface area contributed by atoms with Gasteiger partial charge in [-0.1, -0.05) is 11.3 Å². The lowest BCUT2D eigenvalue weighted by Crippen LogP contribution is -2.39. The molecule has 3 N–H and O–H groups in total. The molecule has 24 heavy (non-hydrogen) atoms. The quantitative estimate of drug-likeness (QED) is 0.857. The van der Waals surface area contributed by atoms with Crippen molar-refractivity contribution in [1.82, 2.24) is 10.2 Å². The third kappa shape index (κ3) is 3.23. The Balaban J connectivity index is 1.83. The van der Waals surface area contributed by atoms with Gasteiger partial charge in [-0.15, -0.1) is 10.2 Å². The largest absolute Gasteiger partial charge is 0.368 e. The van der Waals surface area contributed by atoms with Gasteiger partial charge in [-0.25, -0.2) is 4.39 Å². The fraction of sp³-hybridized carbons (Fsp3) is 0.214. The number of carbonyl (C=O) groups excluding carboxylic acids is 2. The van der Waals surface area contributed by atoms with Gasteiger partial charge in [0.25, 0.3) is 5.91 Å². The van der Waals surface area contributed by atoms with Crippen molar-refractivity contribution in [2.24, 2.45) is 10.8 Å². The molecule has 0 bridgehead atoms. The lowest BCUT2D eigenvalue weighted by Gasteiger charge is -2.20. The highest BCUT2D eigenvalue weighted by Crippen LogP contribution is 2.25. The number of hydrogen-bond acceptors (Lipinski definition) is 7. The highest BCUT2D eigenvalue weighted by atomic mass is 32.1. The summed E-state index contributed by atoms with van der Waals surface area (Å²) in [6.45, 7) is 1.76. The Kier molecular flexibility index (Phi) is 4.21.